The first-order valence-corrected chi connectivity index (χ1v) is 6.07. The maximum absolute atomic E-state index is 6.28. The Morgan fingerprint density at radius 1 is 1.35 bits per heavy atom. The van der Waals surface area contributed by atoms with E-state index in [1.165, 1.54) is 0 Å². The van der Waals surface area contributed by atoms with E-state index >= 15 is 0 Å². The Labute approximate surface area is 109 Å². The van der Waals surface area contributed by atoms with E-state index in [1.54, 1.807) is 0 Å². The van der Waals surface area contributed by atoms with E-state index in [2.05, 4.69) is 26.2 Å². The Bertz CT molecular complexity index is 501. The summed E-state index contributed by atoms with van der Waals surface area (Å²) in [4.78, 5) is 4.27. The maximum Gasteiger partial charge on any atom is 0.195 e. The maximum atomic E-state index is 6.28. The number of nitrogens with one attached hydrogen (secondary N) is 1. The Hall–Kier alpha value is -1.33. The molecule has 1 aliphatic rings. The standard InChI is InChI=1S/C12H15BrN4/c1-7-3-4-9(5-10(7)13)12(15)6-8(2)16-11(14)17-12/h3-6H,15H2,1-2H3,(H3,14,16,17). The van der Waals surface area contributed by atoms with Crippen molar-refractivity contribution in [3.63, 3.8) is 0 Å². The van der Waals surface area contributed by atoms with Crippen LogP contribution in [0.2, 0.25) is 0 Å². The highest BCUT2D eigenvalue weighted by Gasteiger charge is 2.28. The average Bonchev–Trinajstić information content (AvgIpc) is 2.19. The Balaban J connectivity index is 2.51. The summed E-state index contributed by atoms with van der Waals surface area (Å²) >= 11 is 3.50. The van der Waals surface area contributed by atoms with Crippen molar-refractivity contribution in [2.45, 2.75) is 19.5 Å². The van der Waals surface area contributed by atoms with E-state index < -0.39 is 5.66 Å². The quantitative estimate of drug-likeness (QED) is 0.738. The molecule has 4 nitrogen and oxygen atoms in total. The van der Waals surface area contributed by atoms with Crippen molar-refractivity contribution in [2.75, 3.05) is 0 Å². The van der Waals surface area contributed by atoms with E-state index in [-0.39, 0.29) is 0 Å². The molecular weight excluding hydrogens is 280 g/mol. The fourth-order valence-electron chi connectivity index (χ4n) is 1.82. The van der Waals surface area contributed by atoms with Crippen LogP contribution < -0.4 is 16.8 Å². The van der Waals surface area contributed by atoms with E-state index in [1.807, 2.05) is 38.1 Å². The van der Waals surface area contributed by atoms with Gasteiger partial charge in [0, 0.05) is 10.2 Å². The summed E-state index contributed by atoms with van der Waals surface area (Å²) in [6.07, 6.45) is 1.86. The Morgan fingerprint density at radius 2 is 2.06 bits per heavy atom. The summed E-state index contributed by atoms with van der Waals surface area (Å²) in [6, 6.07) is 5.94. The van der Waals surface area contributed by atoms with E-state index in [9.17, 15) is 0 Å². The lowest BCUT2D eigenvalue weighted by molar-refractivity contribution is 0.572. The fourth-order valence-corrected chi connectivity index (χ4v) is 2.20. The van der Waals surface area contributed by atoms with Gasteiger partial charge in [-0.25, -0.2) is 4.99 Å². The molecule has 0 radical (unpaired) electrons. The Kier molecular flexibility index (Phi) is 2.97. The van der Waals surface area contributed by atoms with E-state index in [0.717, 1.165) is 21.3 Å². The van der Waals surface area contributed by atoms with Gasteiger partial charge in [-0.2, -0.15) is 0 Å². The minimum Gasteiger partial charge on any atom is -0.370 e. The monoisotopic (exact) mass is 294 g/mol. The number of rotatable bonds is 1. The summed E-state index contributed by atoms with van der Waals surface area (Å²) < 4.78 is 1.01. The molecule has 5 N–H and O–H groups in total. The van der Waals surface area contributed by atoms with Crippen molar-refractivity contribution >= 4 is 21.9 Å². The number of allylic oxidation sites excluding steroid dienone is 1. The highest BCUT2D eigenvalue weighted by Crippen LogP contribution is 2.28. The van der Waals surface area contributed by atoms with Gasteiger partial charge in [0.2, 0.25) is 0 Å². The first-order chi connectivity index (χ1) is 7.90. The van der Waals surface area contributed by atoms with Gasteiger partial charge < -0.3 is 11.1 Å². The third-order valence-corrected chi connectivity index (χ3v) is 3.56. The number of hydrogen-bond donors (Lipinski definition) is 3. The molecule has 1 aromatic rings. The molecule has 1 atom stereocenters. The molecule has 0 spiro atoms. The molecule has 0 bridgehead atoms. The summed E-state index contributed by atoms with van der Waals surface area (Å²) in [5, 5.41) is 2.93. The van der Waals surface area contributed by atoms with Gasteiger partial charge in [0.05, 0.1) is 0 Å². The lowest BCUT2D eigenvalue weighted by Gasteiger charge is -2.28. The van der Waals surface area contributed by atoms with E-state index in [4.69, 9.17) is 11.5 Å². The second-order valence-electron chi connectivity index (χ2n) is 4.24. The molecule has 17 heavy (non-hydrogen) atoms. The zero-order valence-electron chi connectivity index (χ0n) is 9.79. The lowest BCUT2D eigenvalue weighted by Crippen LogP contribution is -2.44. The SMILES string of the molecule is CC1=CC(N)(c2ccc(C)c(Br)c2)N=C(N)N1. The summed E-state index contributed by atoms with van der Waals surface area (Å²) in [6.45, 7) is 3.94. The van der Waals surface area contributed by atoms with E-state index in [0.29, 0.717) is 5.96 Å². The van der Waals surface area contributed by atoms with Crippen LogP contribution in [-0.4, -0.2) is 5.96 Å². The van der Waals surface area contributed by atoms with Gasteiger partial charge in [0.15, 0.2) is 11.6 Å². The minimum absolute atomic E-state index is 0.337. The number of nitrogens with zero attached hydrogens (tertiary/aromatic N) is 1. The smallest absolute Gasteiger partial charge is 0.195 e. The molecule has 0 saturated carbocycles. The number of benzene rings is 1. The number of hydrogen-bond acceptors (Lipinski definition) is 4. The van der Waals surface area contributed by atoms with Crippen molar-refractivity contribution in [3.05, 3.63) is 45.6 Å². The molecule has 90 valence electrons. The Morgan fingerprint density at radius 3 is 2.65 bits per heavy atom. The summed E-state index contributed by atoms with van der Waals surface area (Å²) in [5.74, 6) is 0.337. The molecule has 2 rings (SSSR count). The third kappa shape index (κ3) is 2.35. The molecule has 0 amide bonds. The third-order valence-electron chi connectivity index (χ3n) is 2.70. The topological polar surface area (TPSA) is 76.4 Å². The molecule has 5 heteroatoms. The largest absolute Gasteiger partial charge is 0.370 e. The lowest BCUT2D eigenvalue weighted by atomic mass is 9.98. The summed E-state index contributed by atoms with van der Waals surface area (Å²) in [7, 11) is 0. The second kappa shape index (κ2) is 4.16. The number of guanidine groups is 1. The van der Waals surface area contributed by atoms with Gasteiger partial charge in [0.1, 0.15) is 0 Å². The highest BCUT2D eigenvalue weighted by atomic mass is 79.9. The van der Waals surface area contributed by atoms with Crippen molar-refractivity contribution in [2.24, 2.45) is 16.5 Å². The molecule has 0 fully saturated rings. The predicted octanol–water partition coefficient (Wildman–Crippen LogP) is 1.69. The van der Waals surface area contributed by atoms with Crippen LogP contribution in [0.15, 0.2) is 39.4 Å². The van der Waals surface area contributed by atoms with Crippen molar-refractivity contribution in [1.29, 1.82) is 0 Å². The number of aliphatic imine (C=N–C) groups is 1. The van der Waals surface area contributed by atoms with Crippen LogP contribution in [-0.2, 0) is 5.66 Å². The molecule has 1 unspecified atom stereocenters. The first kappa shape index (κ1) is 12.1. The number of halogens is 1. The fraction of sp³-hybridized carbons (Fsp3) is 0.250. The molecule has 0 aliphatic carbocycles. The van der Waals surface area contributed by atoms with Crippen LogP contribution in [0.4, 0.5) is 0 Å². The number of nitrogens with two attached hydrogens (primary N) is 2. The molecule has 0 aromatic heterocycles. The molecule has 0 saturated heterocycles. The molecule has 1 aromatic carbocycles. The van der Waals surface area contributed by atoms with Gasteiger partial charge in [0.25, 0.3) is 0 Å². The first-order valence-electron chi connectivity index (χ1n) is 5.28. The van der Waals surface area contributed by atoms with Crippen LogP contribution in [0.1, 0.15) is 18.1 Å². The average molecular weight is 295 g/mol. The van der Waals surface area contributed by atoms with Gasteiger partial charge in [-0.15, -0.1) is 0 Å². The van der Waals surface area contributed by atoms with Crippen LogP contribution in [0.5, 0.6) is 0 Å². The predicted molar refractivity (Wildman–Crippen MR) is 73.3 cm³/mol. The minimum atomic E-state index is -0.893. The van der Waals surface area contributed by atoms with Gasteiger partial charge in [-0.1, -0.05) is 28.1 Å². The van der Waals surface area contributed by atoms with Gasteiger partial charge >= 0.3 is 0 Å². The van der Waals surface area contributed by atoms with Crippen LogP contribution >= 0.6 is 15.9 Å². The van der Waals surface area contributed by atoms with Gasteiger partial charge in [-0.05, 0) is 37.1 Å². The van der Waals surface area contributed by atoms with Gasteiger partial charge in [-0.3, -0.25) is 5.73 Å². The normalized spacial score (nSPS) is 23.8. The van der Waals surface area contributed by atoms with Crippen molar-refractivity contribution in [3.8, 4) is 0 Å². The van der Waals surface area contributed by atoms with Crippen molar-refractivity contribution in [1.82, 2.24) is 5.32 Å². The van der Waals surface area contributed by atoms with Crippen LogP contribution in [0, 0.1) is 6.92 Å². The highest BCUT2D eigenvalue weighted by molar-refractivity contribution is 9.10. The van der Waals surface area contributed by atoms with Crippen molar-refractivity contribution < 1.29 is 0 Å². The second-order valence-corrected chi connectivity index (χ2v) is 5.09. The molecular formula is C12H15BrN4. The summed E-state index contributed by atoms with van der Waals surface area (Å²) in [5.41, 5.74) is 14.1. The zero-order chi connectivity index (χ0) is 12.6. The van der Waals surface area contributed by atoms with Crippen LogP contribution in [0.3, 0.4) is 0 Å². The molecule has 1 heterocycles. The number of aryl methyl sites for hydroxylation is 1. The molecule has 1 aliphatic heterocycles. The van der Waals surface area contributed by atoms with Crippen LogP contribution in [0.25, 0.3) is 0 Å². The zero-order valence-corrected chi connectivity index (χ0v) is 11.4.